The zero-order chi connectivity index (χ0) is 22.5. The monoisotopic (exact) mass is 433 g/mol. The SMILES string of the molecule is CCc1ccc(N2CC(CN(C)CCCc3cccc4ncc(OC)cc34)OC2=O)cc1. The van der Waals surface area contributed by atoms with Gasteiger partial charge in [-0.1, -0.05) is 31.2 Å². The molecule has 0 N–H and O–H groups in total. The number of ether oxygens (including phenoxy) is 2. The van der Waals surface area contributed by atoms with Gasteiger partial charge in [-0.25, -0.2) is 4.79 Å². The number of benzene rings is 2. The van der Waals surface area contributed by atoms with Crippen LogP contribution in [-0.4, -0.2) is 55.9 Å². The van der Waals surface area contributed by atoms with E-state index in [2.05, 4.69) is 54.2 Å². The first-order valence-electron chi connectivity index (χ1n) is 11.2. The summed E-state index contributed by atoms with van der Waals surface area (Å²) in [6.45, 7) is 4.36. The quantitative estimate of drug-likeness (QED) is 0.490. The Balaban J connectivity index is 1.29. The van der Waals surface area contributed by atoms with E-state index in [1.165, 1.54) is 11.1 Å². The van der Waals surface area contributed by atoms with Crippen LogP contribution in [0.1, 0.15) is 24.5 Å². The van der Waals surface area contributed by atoms with Gasteiger partial charge in [0, 0.05) is 17.6 Å². The van der Waals surface area contributed by atoms with Crippen LogP contribution < -0.4 is 9.64 Å². The van der Waals surface area contributed by atoms with Crippen LogP contribution in [0.3, 0.4) is 0 Å². The van der Waals surface area contributed by atoms with Crippen LogP contribution in [0.25, 0.3) is 10.9 Å². The standard InChI is InChI=1S/C26H31N3O3/c1-4-19-10-12-21(13-11-19)29-18-23(32-26(29)30)17-28(2)14-6-8-20-7-5-9-25-24(20)15-22(31-3)16-27-25/h5,7,9-13,15-16,23H,4,6,8,14,17-18H2,1-3H3. The molecule has 2 heterocycles. The molecule has 0 saturated carbocycles. The first-order chi connectivity index (χ1) is 15.6. The number of aromatic nitrogens is 1. The highest BCUT2D eigenvalue weighted by Crippen LogP contribution is 2.24. The summed E-state index contributed by atoms with van der Waals surface area (Å²) in [6.07, 6.45) is 4.33. The maximum absolute atomic E-state index is 12.4. The fourth-order valence-corrected chi connectivity index (χ4v) is 4.24. The maximum Gasteiger partial charge on any atom is 0.414 e. The molecule has 6 heteroatoms. The fraction of sp³-hybridized carbons (Fsp3) is 0.385. The number of nitrogens with zero attached hydrogens (tertiary/aromatic N) is 3. The molecule has 168 valence electrons. The topological polar surface area (TPSA) is 54.9 Å². The number of cyclic esters (lactones) is 1. The molecule has 0 spiro atoms. The largest absolute Gasteiger partial charge is 0.495 e. The highest BCUT2D eigenvalue weighted by molar-refractivity contribution is 5.89. The Morgan fingerprint density at radius 3 is 2.78 bits per heavy atom. The molecule has 0 radical (unpaired) electrons. The van der Waals surface area contributed by atoms with E-state index in [9.17, 15) is 4.79 Å². The van der Waals surface area contributed by atoms with Crippen molar-refractivity contribution >= 4 is 22.7 Å². The Morgan fingerprint density at radius 1 is 1.22 bits per heavy atom. The highest BCUT2D eigenvalue weighted by atomic mass is 16.6. The number of aryl methyl sites for hydroxylation is 2. The van der Waals surface area contributed by atoms with Gasteiger partial charge in [0.05, 0.1) is 25.4 Å². The van der Waals surface area contributed by atoms with E-state index < -0.39 is 0 Å². The molecule has 0 aliphatic carbocycles. The van der Waals surface area contributed by atoms with Gasteiger partial charge < -0.3 is 14.4 Å². The van der Waals surface area contributed by atoms with Crippen molar-refractivity contribution in [3.8, 4) is 5.75 Å². The van der Waals surface area contributed by atoms with Crippen LogP contribution in [0.5, 0.6) is 5.75 Å². The van der Waals surface area contributed by atoms with Crippen LogP contribution in [-0.2, 0) is 17.6 Å². The zero-order valence-corrected chi connectivity index (χ0v) is 19.1. The number of anilines is 1. The minimum atomic E-state index is -0.259. The lowest BCUT2D eigenvalue weighted by Crippen LogP contribution is -2.33. The Kier molecular flexibility index (Phi) is 6.90. The summed E-state index contributed by atoms with van der Waals surface area (Å²) in [4.78, 5) is 20.8. The van der Waals surface area contributed by atoms with Gasteiger partial charge >= 0.3 is 6.09 Å². The van der Waals surface area contributed by atoms with E-state index in [0.717, 1.165) is 54.7 Å². The smallest absolute Gasteiger partial charge is 0.414 e. The number of carbonyl (C=O) groups excluding carboxylic acids is 1. The second-order valence-electron chi connectivity index (χ2n) is 8.36. The van der Waals surface area contributed by atoms with Gasteiger partial charge in [0.2, 0.25) is 0 Å². The lowest BCUT2D eigenvalue weighted by Gasteiger charge is -2.20. The van der Waals surface area contributed by atoms with E-state index in [1.54, 1.807) is 18.2 Å². The van der Waals surface area contributed by atoms with E-state index in [-0.39, 0.29) is 12.2 Å². The number of rotatable bonds is 9. The first-order valence-corrected chi connectivity index (χ1v) is 11.2. The van der Waals surface area contributed by atoms with Gasteiger partial charge in [-0.05, 0) is 68.2 Å². The van der Waals surface area contributed by atoms with Crippen molar-refractivity contribution in [3.05, 3.63) is 65.9 Å². The number of amides is 1. The number of hydrogen-bond acceptors (Lipinski definition) is 5. The van der Waals surface area contributed by atoms with Crippen LogP contribution in [0, 0.1) is 0 Å². The molecule has 1 fully saturated rings. The zero-order valence-electron chi connectivity index (χ0n) is 19.1. The third kappa shape index (κ3) is 5.02. The molecule has 1 saturated heterocycles. The molecular formula is C26H31N3O3. The van der Waals surface area contributed by atoms with E-state index in [0.29, 0.717) is 6.54 Å². The molecular weight excluding hydrogens is 402 g/mol. The van der Waals surface area contributed by atoms with Crippen LogP contribution in [0.2, 0.25) is 0 Å². The normalized spacial score (nSPS) is 16.1. The van der Waals surface area contributed by atoms with Crippen LogP contribution in [0.15, 0.2) is 54.7 Å². The molecule has 1 amide bonds. The molecule has 6 nitrogen and oxygen atoms in total. The van der Waals surface area contributed by atoms with Gasteiger partial charge in [-0.2, -0.15) is 0 Å². The Morgan fingerprint density at radius 2 is 2.03 bits per heavy atom. The molecule has 1 aliphatic rings. The molecule has 1 atom stereocenters. The summed E-state index contributed by atoms with van der Waals surface area (Å²) in [7, 11) is 3.75. The molecule has 4 rings (SSSR count). The summed E-state index contributed by atoms with van der Waals surface area (Å²) in [5.41, 5.74) is 4.42. The Labute approximate surface area is 189 Å². The molecule has 3 aromatic rings. The molecule has 1 unspecified atom stereocenters. The minimum Gasteiger partial charge on any atom is -0.495 e. The lowest BCUT2D eigenvalue weighted by atomic mass is 10.0. The van der Waals surface area contributed by atoms with Crippen molar-refractivity contribution in [2.75, 3.05) is 38.7 Å². The highest BCUT2D eigenvalue weighted by Gasteiger charge is 2.32. The molecule has 32 heavy (non-hydrogen) atoms. The average molecular weight is 434 g/mol. The van der Waals surface area contributed by atoms with Crippen molar-refractivity contribution in [2.24, 2.45) is 0 Å². The first kappa shape index (κ1) is 22.1. The summed E-state index contributed by atoms with van der Waals surface area (Å²) in [5, 5.41) is 1.14. The second-order valence-corrected chi connectivity index (χ2v) is 8.36. The maximum atomic E-state index is 12.4. The Bertz CT molecular complexity index is 1070. The third-order valence-corrected chi connectivity index (χ3v) is 6.06. The van der Waals surface area contributed by atoms with Gasteiger partial charge in [-0.15, -0.1) is 0 Å². The van der Waals surface area contributed by atoms with E-state index in [4.69, 9.17) is 9.47 Å². The average Bonchev–Trinajstić information content (AvgIpc) is 3.18. The van der Waals surface area contributed by atoms with Crippen molar-refractivity contribution in [3.63, 3.8) is 0 Å². The molecule has 1 aliphatic heterocycles. The number of hydrogen-bond donors (Lipinski definition) is 0. The summed E-state index contributed by atoms with van der Waals surface area (Å²) in [6, 6.07) is 16.4. The number of carbonyl (C=O) groups is 1. The van der Waals surface area contributed by atoms with Gasteiger partial charge in [0.1, 0.15) is 11.9 Å². The third-order valence-electron chi connectivity index (χ3n) is 6.06. The van der Waals surface area contributed by atoms with Crippen molar-refractivity contribution in [1.82, 2.24) is 9.88 Å². The lowest BCUT2D eigenvalue weighted by molar-refractivity contribution is 0.117. The molecule has 2 aromatic carbocycles. The number of pyridine rings is 1. The molecule has 1 aromatic heterocycles. The Hall–Kier alpha value is -3.12. The number of likely N-dealkylation sites (N-methyl/N-ethyl adjacent to an activating group) is 1. The fourth-order valence-electron chi connectivity index (χ4n) is 4.24. The van der Waals surface area contributed by atoms with Crippen molar-refractivity contribution in [2.45, 2.75) is 32.3 Å². The number of methoxy groups -OCH3 is 1. The summed E-state index contributed by atoms with van der Waals surface area (Å²) < 4.78 is 11.0. The minimum absolute atomic E-state index is 0.121. The second kappa shape index (κ2) is 10.0. The number of fused-ring (bicyclic) bond motifs is 1. The van der Waals surface area contributed by atoms with Crippen LogP contribution >= 0.6 is 0 Å². The predicted octanol–water partition coefficient (Wildman–Crippen LogP) is 4.70. The van der Waals surface area contributed by atoms with E-state index >= 15 is 0 Å². The summed E-state index contributed by atoms with van der Waals surface area (Å²) in [5.74, 6) is 0.777. The van der Waals surface area contributed by atoms with Gasteiger partial charge in [-0.3, -0.25) is 9.88 Å². The van der Waals surface area contributed by atoms with E-state index in [1.807, 2.05) is 18.2 Å². The summed E-state index contributed by atoms with van der Waals surface area (Å²) >= 11 is 0. The predicted molar refractivity (Wildman–Crippen MR) is 128 cm³/mol. The van der Waals surface area contributed by atoms with Crippen molar-refractivity contribution in [1.29, 1.82) is 0 Å². The van der Waals surface area contributed by atoms with Gasteiger partial charge in [0.15, 0.2) is 0 Å². The van der Waals surface area contributed by atoms with Crippen LogP contribution in [0.4, 0.5) is 10.5 Å². The van der Waals surface area contributed by atoms with Gasteiger partial charge in [0.25, 0.3) is 0 Å². The van der Waals surface area contributed by atoms with Crippen molar-refractivity contribution < 1.29 is 14.3 Å². The molecule has 0 bridgehead atoms.